The van der Waals surface area contributed by atoms with E-state index < -0.39 is 16.9 Å². The van der Waals surface area contributed by atoms with Crippen LogP contribution in [0, 0.1) is 0 Å². The summed E-state index contributed by atoms with van der Waals surface area (Å²) >= 11 is 0. The van der Waals surface area contributed by atoms with Crippen LogP contribution in [0.4, 0.5) is 11.4 Å². The summed E-state index contributed by atoms with van der Waals surface area (Å²) in [5.41, 5.74) is 7.15. The summed E-state index contributed by atoms with van der Waals surface area (Å²) in [6, 6.07) is 34.7. The van der Waals surface area contributed by atoms with Crippen LogP contribution >= 0.6 is 16.9 Å². The van der Waals surface area contributed by atoms with Crippen molar-refractivity contribution in [3.63, 3.8) is 0 Å². The topological polar surface area (TPSA) is 24.9 Å². The maximum absolute atomic E-state index is 7.19. The molecule has 244 valence electrons. The summed E-state index contributed by atoms with van der Waals surface area (Å²) < 4.78 is 19.1. The predicted octanol–water partition coefficient (Wildman–Crippen LogP) is 12.8. The van der Waals surface area contributed by atoms with Gasteiger partial charge in [0.15, 0.2) is 0 Å². The van der Waals surface area contributed by atoms with E-state index >= 15 is 0 Å². The minimum absolute atomic E-state index is 0.0436. The third-order valence-corrected chi connectivity index (χ3v) is 13.1. The van der Waals surface area contributed by atoms with Crippen molar-refractivity contribution in [3.8, 4) is 11.5 Å². The summed E-state index contributed by atoms with van der Waals surface area (Å²) in [5, 5.41) is 0. The molecule has 1 aliphatic rings. The van der Waals surface area contributed by atoms with E-state index in [-0.39, 0.29) is 21.7 Å². The minimum Gasteiger partial charge on any atom is -0.436 e. The Morgan fingerprint density at radius 2 is 0.739 bits per heavy atom. The molecule has 5 rings (SSSR count). The molecule has 1 fully saturated rings. The van der Waals surface area contributed by atoms with Crippen molar-refractivity contribution < 1.29 is 9.05 Å². The van der Waals surface area contributed by atoms with E-state index in [1.54, 1.807) is 0 Å². The van der Waals surface area contributed by atoms with Gasteiger partial charge in [0.2, 0.25) is 0 Å². The third kappa shape index (κ3) is 7.25. The quantitative estimate of drug-likeness (QED) is 0.193. The van der Waals surface area contributed by atoms with E-state index in [1.807, 2.05) is 0 Å². The van der Waals surface area contributed by atoms with Crippen molar-refractivity contribution >= 4 is 28.3 Å². The first-order valence-corrected chi connectivity index (χ1v) is 18.6. The number of hydrogen-bond donors (Lipinski definition) is 0. The Labute approximate surface area is 281 Å². The fourth-order valence-corrected chi connectivity index (χ4v) is 9.98. The minimum atomic E-state index is -1.28. The lowest BCUT2D eigenvalue weighted by Gasteiger charge is -2.53. The second-order valence-electron chi connectivity index (χ2n) is 16.4. The van der Waals surface area contributed by atoms with Gasteiger partial charge in [-0.15, -0.1) is 0 Å². The van der Waals surface area contributed by atoms with E-state index in [2.05, 4.69) is 189 Å². The lowest BCUT2D eigenvalue weighted by Crippen LogP contribution is -2.41. The molecule has 4 nitrogen and oxygen atoms in total. The lowest BCUT2D eigenvalue weighted by molar-refractivity contribution is 0.516. The highest BCUT2D eigenvalue weighted by Gasteiger charge is 2.55. The van der Waals surface area contributed by atoms with E-state index in [9.17, 15) is 0 Å². The molecule has 4 aromatic carbocycles. The summed E-state index contributed by atoms with van der Waals surface area (Å²) in [4.78, 5) is 0. The molecule has 0 saturated carbocycles. The normalized spacial score (nSPS) is 17.5. The Hall–Kier alpha value is -3.06. The smallest absolute Gasteiger partial charge is 0.325 e. The number of anilines is 2. The molecule has 0 unspecified atom stereocenters. The van der Waals surface area contributed by atoms with Gasteiger partial charge in [0.25, 0.3) is 0 Å². The van der Waals surface area contributed by atoms with Crippen LogP contribution in [0.2, 0.25) is 0 Å². The van der Waals surface area contributed by atoms with Crippen molar-refractivity contribution in [2.45, 2.75) is 105 Å². The molecule has 0 bridgehead atoms. The zero-order valence-corrected chi connectivity index (χ0v) is 31.6. The molecule has 1 heterocycles. The first-order valence-electron chi connectivity index (χ1n) is 16.3. The monoisotopic (exact) mass is 654 g/mol. The van der Waals surface area contributed by atoms with Gasteiger partial charge in [-0.05, 0) is 69.2 Å². The lowest BCUT2D eigenvalue weighted by atomic mass is 9.80. The van der Waals surface area contributed by atoms with Crippen molar-refractivity contribution in [1.29, 1.82) is 0 Å². The molecule has 4 aromatic rings. The van der Waals surface area contributed by atoms with Crippen LogP contribution in [0.1, 0.15) is 105 Å². The molecule has 0 radical (unpaired) electrons. The maximum atomic E-state index is 7.19. The summed E-state index contributed by atoms with van der Waals surface area (Å²) in [7, 11) is -2.56. The van der Waals surface area contributed by atoms with Crippen LogP contribution in [0.5, 0.6) is 11.5 Å². The van der Waals surface area contributed by atoms with Crippen LogP contribution in [-0.2, 0) is 21.7 Å². The van der Waals surface area contributed by atoms with Crippen LogP contribution in [-0.4, -0.2) is 0 Å². The molecule has 0 aliphatic carbocycles. The SMILES string of the molecule is CC(C)(C)c1ccc(OP2N(c3ccccc3)P(Oc3ccc(C(C)(C)C)cc3C(C)(C)C)N2c2ccccc2)c(C(C)(C)C)c1. The highest BCUT2D eigenvalue weighted by molar-refractivity contribution is 7.91. The molecular weight excluding hydrogens is 602 g/mol. The van der Waals surface area contributed by atoms with Crippen molar-refractivity contribution in [2.75, 3.05) is 8.88 Å². The van der Waals surface area contributed by atoms with Gasteiger partial charge in [-0.3, -0.25) is 0 Å². The number of benzene rings is 4. The van der Waals surface area contributed by atoms with Crippen LogP contribution in [0.3, 0.4) is 0 Å². The van der Waals surface area contributed by atoms with E-state index in [1.165, 1.54) is 22.3 Å². The Morgan fingerprint density at radius 1 is 0.413 bits per heavy atom. The molecule has 46 heavy (non-hydrogen) atoms. The zero-order valence-electron chi connectivity index (χ0n) is 29.8. The van der Waals surface area contributed by atoms with Crippen molar-refractivity contribution in [2.24, 2.45) is 0 Å². The van der Waals surface area contributed by atoms with Gasteiger partial charge in [0.1, 0.15) is 11.5 Å². The Balaban J connectivity index is 1.63. The van der Waals surface area contributed by atoms with Gasteiger partial charge in [-0.1, -0.05) is 144 Å². The number of rotatable bonds is 6. The van der Waals surface area contributed by atoms with Crippen LogP contribution in [0.15, 0.2) is 97.1 Å². The highest BCUT2D eigenvalue weighted by atomic mass is 31.3. The summed E-state index contributed by atoms with van der Waals surface area (Å²) in [6.45, 7) is 27.2. The maximum Gasteiger partial charge on any atom is 0.325 e. The van der Waals surface area contributed by atoms with Crippen LogP contribution in [0.25, 0.3) is 0 Å². The second-order valence-corrected chi connectivity index (χ2v) is 20.0. The van der Waals surface area contributed by atoms with E-state index in [0.29, 0.717) is 0 Å². The second kappa shape index (κ2) is 12.5. The molecule has 0 spiro atoms. The number of hydrogen-bond acceptors (Lipinski definition) is 4. The Bertz CT molecular complexity index is 1510. The summed E-state index contributed by atoms with van der Waals surface area (Å²) in [5.74, 6) is 1.85. The Kier molecular flexibility index (Phi) is 9.33. The Morgan fingerprint density at radius 3 is 1.02 bits per heavy atom. The van der Waals surface area contributed by atoms with E-state index in [0.717, 1.165) is 22.9 Å². The number of nitrogens with zero attached hydrogens (tertiary/aromatic N) is 2. The number of para-hydroxylation sites is 2. The van der Waals surface area contributed by atoms with Gasteiger partial charge in [-0.25, -0.2) is 8.88 Å². The molecule has 1 aliphatic heterocycles. The molecule has 0 N–H and O–H groups in total. The average Bonchev–Trinajstić information content (AvgIpc) is 2.95. The first-order chi connectivity index (χ1) is 21.4. The standard InChI is InChI=1S/C40H52N2O2P2/c1-37(2,3)29-23-25-35(33(27-29)39(7,8)9)43-45-41(31-19-15-13-16-20-31)46(42(45)32-21-17-14-18-22-32)44-36-26-24-30(38(4,5)6)28-34(36)40(10,11)12/h13-28H,1-12H3. The van der Waals surface area contributed by atoms with Crippen molar-refractivity contribution in [3.05, 3.63) is 119 Å². The molecule has 0 amide bonds. The first kappa shape index (κ1) is 34.3. The van der Waals surface area contributed by atoms with Gasteiger partial charge in [0.05, 0.1) is 11.4 Å². The van der Waals surface area contributed by atoms with Gasteiger partial charge in [0, 0.05) is 11.1 Å². The van der Waals surface area contributed by atoms with Gasteiger partial charge in [-0.2, -0.15) is 0 Å². The molecule has 0 aromatic heterocycles. The average molecular weight is 655 g/mol. The molecule has 6 heteroatoms. The third-order valence-electron chi connectivity index (χ3n) is 8.29. The fourth-order valence-electron chi connectivity index (χ4n) is 5.43. The molecule has 0 atom stereocenters. The predicted molar refractivity (Wildman–Crippen MR) is 201 cm³/mol. The fraction of sp³-hybridized carbons (Fsp3) is 0.400. The largest absolute Gasteiger partial charge is 0.436 e. The molecular formula is C40H52N2O2P2. The van der Waals surface area contributed by atoms with Crippen LogP contribution < -0.4 is 17.9 Å². The highest BCUT2D eigenvalue weighted by Crippen LogP contribution is 2.78. The van der Waals surface area contributed by atoms with Crippen molar-refractivity contribution in [1.82, 2.24) is 0 Å². The zero-order chi connectivity index (χ0) is 33.7. The summed E-state index contributed by atoms with van der Waals surface area (Å²) in [6.07, 6.45) is 0. The molecule has 1 saturated heterocycles. The van der Waals surface area contributed by atoms with E-state index in [4.69, 9.17) is 9.05 Å². The van der Waals surface area contributed by atoms with Gasteiger partial charge >= 0.3 is 16.9 Å². The van der Waals surface area contributed by atoms with Gasteiger partial charge < -0.3 is 9.05 Å².